The van der Waals surface area contributed by atoms with E-state index in [4.69, 9.17) is 4.74 Å². The molecule has 1 fully saturated rings. The van der Waals surface area contributed by atoms with Gasteiger partial charge in [-0.3, -0.25) is 4.79 Å². The van der Waals surface area contributed by atoms with Crippen molar-refractivity contribution < 1.29 is 9.53 Å². The molecule has 0 aromatic heterocycles. The van der Waals surface area contributed by atoms with Gasteiger partial charge in [-0.05, 0) is 12.8 Å². The van der Waals surface area contributed by atoms with E-state index < -0.39 is 0 Å². The molecule has 1 saturated heterocycles. The highest BCUT2D eigenvalue weighted by Gasteiger charge is 2.49. The summed E-state index contributed by atoms with van der Waals surface area (Å²) in [6.07, 6.45) is 7.14. The van der Waals surface area contributed by atoms with Crippen molar-refractivity contribution in [2.45, 2.75) is 50.7 Å². The Hall–Kier alpha value is -0.630. The fourth-order valence-corrected chi connectivity index (χ4v) is 2.33. The van der Waals surface area contributed by atoms with Crippen LogP contribution in [0.15, 0.2) is 12.2 Å². The molecule has 2 unspecified atom stereocenters. The van der Waals surface area contributed by atoms with Crippen LogP contribution in [0, 0.1) is 0 Å². The molecule has 2 bridgehead atoms. The van der Waals surface area contributed by atoms with Gasteiger partial charge in [0.1, 0.15) is 5.78 Å². The number of carbonyl (C=O) groups is 1. The average molecular weight is 180 g/mol. The smallest absolute Gasteiger partial charge is 0.139 e. The fraction of sp³-hybridized carbons (Fsp3) is 0.727. The molecule has 0 amide bonds. The van der Waals surface area contributed by atoms with E-state index in [0.29, 0.717) is 18.6 Å². The third-order valence-electron chi connectivity index (χ3n) is 3.29. The van der Waals surface area contributed by atoms with Crippen LogP contribution in [0.5, 0.6) is 0 Å². The molecule has 2 atom stereocenters. The summed E-state index contributed by atoms with van der Waals surface area (Å²) in [5.41, 5.74) is -0.517. The summed E-state index contributed by atoms with van der Waals surface area (Å²) in [4.78, 5) is 11.5. The van der Waals surface area contributed by atoms with Crippen LogP contribution >= 0.6 is 0 Å². The van der Waals surface area contributed by atoms with Crippen molar-refractivity contribution in [1.29, 1.82) is 0 Å². The Labute approximate surface area is 79.0 Å². The maximum absolute atomic E-state index is 11.5. The van der Waals surface area contributed by atoms with Crippen molar-refractivity contribution >= 4 is 5.78 Å². The quantitative estimate of drug-likeness (QED) is 0.609. The predicted octanol–water partition coefficient (Wildman–Crippen LogP) is 2.23. The number of hydrogen-bond acceptors (Lipinski definition) is 2. The van der Waals surface area contributed by atoms with Gasteiger partial charge in [0.2, 0.25) is 0 Å². The molecule has 0 aromatic carbocycles. The molecule has 0 radical (unpaired) electrons. The number of ketones is 1. The molecule has 0 N–H and O–H groups in total. The van der Waals surface area contributed by atoms with Gasteiger partial charge in [0.25, 0.3) is 0 Å². The highest BCUT2D eigenvalue weighted by atomic mass is 16.5. The summed E-state index contributed by atoms with van der Waals surface area (Å²) in [6, 6.07) is 0. The largest absolute Gasteiger partial charge is 0.359 e. The van der Waals surface area contributed by atoms with Crippen molar-refractivity contribution in [3.05, 3.63) is 12.2 Å². The molecular weight excluding hydrogens is 164 g/mol. The van der Waals surface area contributed by atoms with Crippen LogP contribution in [0.4, 0.5) is 0 Å². The lowest BCUT2D eigenvalue weighted by Gasteiger charge is -2.38. The Morgan fingerprint density at radius 2 is 1.69 bits per heavy atom. The molecule has 0 aliphatic carbocycles. The van der Waals surface area contributed by atoms with Gasteiger partial charge in [-0.15, -0.1) is 0 Å². The van der Waals surface area contributed by atoms with E-state index >= 15 is 0 Å². The number of Topliss-reactive ketones (excluding diaryl/α,β-unsaturated/α-hetero) is 1. The minimum Gasteiger partial charge on any atom is -0.359 e. The molecule has 72 valence electrons. The van der Waals surface area contributed by atoms with E-state index in [-0.39, 0.29) is 11.2 Å². The highest BCUT2D eigenvalue weighted by Crippen LogP contribution is 2.44. The minimum absolute atomic E-state index is 0.259. The van der Waals surface area contributed by atoms with Crippen molar-refractivity contribution in [2.24, 2.45) is 0 Å². The van der Waals surface area contributed by atoms with Gasteiger partial charge in [-0.2, -0.15) is 0 Å². The lowest BCUT2D eigenvalue weighted by atomic mass is 9.88. The molecule has 0 saturated carbocycles. The topological polar surface area (TPSA) is 26.3 Å². The van der Waals surface area contributed by atoms with Gasteiger partial charge in [0.05, 0.1) is 11.2 Å². The SMILES string of the molecule is CCC12C=CC(CC)(CC(=O)C1)O2. The zero-order valence-electron chi connectivity index (χ0n) is 8.30. The second-order valence-corrected chi connectivity index (χ2v) is 4.16. The molecule has 2 rings (SSSR count). The fourth-order valence-electron chi connectivity index (χ4n) is 2.33. The predicted molar refractivity (Wildman–Crippen MR) is 50.5 cm³/mol. The number of ether oxygens (including phenoxy) is 1. The summed E-state index contributed by atoms with van der Waals surface area (Å²) >= 11 is 0. The zero-order chi connectivity index (χ0) is 9.53. The Kier molecular flexibility index (Phi) is 1.84. The highest BCUT2D eigenvalue weighted by molar-refractivity contribution is 5.83. The maximum atomic E-state index is 11.5. The van der Waals surface area contributed by atoms with Gasteiger partial charge in [-0.25, -0.2) is 0 Å². The van der Waals surface area contributed by atoms with Crippen LogP contribution in [0.25, 0.3) is 0 Å². The number of rotatable bonds is 2. The van der Waals surface area contributed by atoms with Crippen molar-refractivity contribution in [3.8, 4) is 0 Å². The van der Waals surface area contributed by atoms with Gasteiger partial charge in [-0.1, -0.05) is 26.0 Å². The lowest BCUT2D eigenvalue weighted by molar-refractivity contribution is -0.155. The van der Waals surface area contributed by atoms with E-state index in [1.807, 2.05) is 0 Å². The maximum Gasteiger partial charge on any atom is 0.139 e. The van der Waals surface area contributed by atoms with Crippen molar-refractivity contribution in [1.82, 2.24) is 0 Å². The first-order valence-corrected chi connectivity index (χ1v) is 5.06. The molecule has 2 nitrogen and oxygen atoms in total. The van der Waals surface area contributed by atoms with Crippen LogP contribution in [0.1, 0.15) is 39.5 Å². The van der Waals surface area contributed by atoms with Crippen LogP contribution in [-0.2, 0) is 9.53 Å². The van der Waals surface area contributed by atoms with Crippen LogP contribution in [0.3, 0.4) is 0 Å². The normalized spacial score (nSPS) is 42.8. The standard InChI is InChI=1S/C11H16O2/c1-3-10-5-6-11(4-2,13-10)8-9(12)7-10/h5-6H,3-4,7-8H2,1-2H3. The molecule has 0 spiro atoms. The van der Waals surface area contributed by atoms with Crippen LogP contribution in [0.2, 0.25) is 0 Å². The van der Waals surface area contributed by atoms with Crippen LogP contribution < -0.4 is 0 Å². The monoisotopic (exact) mass is 180 g/mol. The van der Waals surface area contributed by atoms with E-state index in [0.717, 1.165) is 12.8 Å². The zero-order valence-corrected chi connectivity index (χ0v) is 8.30. The second-order valence-electron chi connectivity index (χ2n) is 4.16. The van der Waals surface area contributed by atoms with Gasteiger partial charge in [0, 0.05) is 12.8 Å². The minimum atomic E-state index is -0.259. The molecule has 13 heavy (non-hydrogen) atoms. The molecule has 2 heterocycles. The number of hydrogen-bond donors (Lipinski definition) is 0. The van der Waals surface area contributed by atoms with E-state index in [2.05, 4.69) is 26.0 Å². The number of fused-ring (bicyclic) bond motifs is 2. The summed E-state index contributed by atoms with van der Waals surface area (Å²) in [5.74, 6) is 0.347. The lowest BCUT2D eigenvalue weighted by Crippen LogP contribution is -2.44. The summed E-state index contributed by atoms with van der Waals surface area (Å²) < 4.78 is 6.01. The second kappa shape index (κ2) is 2.68. The first-order valence-electron chi connectivity index (χ1n) is 5.06. The third-order valence-corrected chi connectivity index (χ3v) is 3.29. The Bertz CT molecular complexity index is 245. The Balaban J connectivity index is 2.30. The van der Waals surface area contributed by atoms with Crippen molar-refractivity contribution in [3.63, 3.8) is 0 Å². The summed E-state index contributed by atoms with van der Waals surface area (Å²) in [7, 11) is 0. The molecule has 2 heteroatoms. The Morgan fingerprint density at radius 1 is 1.23 bits per heavy atom. The van der Waals surface area contributed by atoms with Crippen LogP contribution in [-0.4, -0.2) is 17.0 Å². The number of carbonyl (C=O) groups excluding carboxylic acids is 1. The first kappa shape index (κ1) is 8.95. The van der Waals surface area contributed by atoms with E-state index in [1.54, 1.807) is 0 Å². The third kappa shape index (κ3) is 1.24. The Morgan fingerprint density at radius 3 is 2.08 bits per heavy atom. The van der Waals surface area contributed by atoms with E-state index in [1.165, 1.54) is 0 Å². The molecule has 0 aromatic rings. The summed E-state index contributed by atoms with van der Waals surface area (Å²) in [6.45, 7) is 4.16. The first-order chi connectivity index (χ1) is 6.14. The van der Waals surface area contributed by atoms with Crippen molar-refractivity contribution in [2.75, 3.05) is 0 Å². The van der Waals surface area contributed by atoms with E-state index in [9.17, 15) is 4.79 Å². The van der Waals surface area contributed by atoms with Gasteiger partial charge >= 0.3 is 0 Å². The van der Waals surface area contributed by atoms with Gasteiger partial charge in [0.15, 0.2) is 0 Å². The molecule has 2 aliphatic heterocycles. The summed E-state index contributed by atoms with van der Waals surface area (Å²) in [5, 5.41) is 0. The average Bonchev–Trinajstić information content (AvgIpc) is 2.41. The van der Waals surface area contributed by atoms with Gasteiger partial charge < -0.3 is 4.74 Å². The molecule has 2 aliphatic rings. The molecular formula is C11H16O2.